The van der Waals surface area contributed by atoms with Gasteiger partial charge in [-0.25, -0.2) is 0 Å². The molecule has 7 nitrogen and oxygen atoms in total. The number of benzene rings is 1. The molecule has 0 heterocycles. The fourth-order valence-electron chi connectivity index (χ4n) is 4.38. The predicted octanol–water partition coefficient (Wildman–Crippen LogP) is 5.09. The van der Waals surface area contributed by atoms with E-state index in [0.717, 1.165) is 0 Å². The van der Waals surface area contributed by atoms with Gasteiger partial charge < -0.3 is 20.3 Å². The summed E-state index contributed by atoms with van der Waals surface area (Å²) in [5.41, 5.74) is 6.24. The van der Waals surface area contributed by atoms with Crippen molar-refractivity contribution in [2.45, 2.75) is 80.7 Å². The van der Waals surface area contributed by atoms with Crippen LogP contribution in [0.25, 0.3) is 0 Å². The number of carboxylic acid groups (broad SMARTS) is 1. The van der Waals surface area contributed by atoms with Crippen molar-refractivity contribution in [1.29, 1.82) is 0 Å². The van der Waals surface area contributed by atoms with Crippen LogP contribution in [0.15, 0.2) is 18.2 Å². The minimum Gasteiger partial charge on any atom is -0.480 e. The summed E-state index contributed by atoms with van der Waals surface area (Å²) < 4.78 is 11.3. The van der Waals surface area contributed by atoms with Crippen LogP contribution in [-0.2, 0) is 20.8 Å². The van der Waals surface area contributed by atoms with Gasteiger partial charge in [-0.3, -0.25) is 14.4 Å². The van der Waals surface area contributed by atoms with E-state index in [0.29, 0.717) is 29.2 Å². The molecule has 1 atom stereocenters. The Bertz CT molecular complexity index is 814. The molecule has 0 radical (unpaired) electrons. The molecule has 0 aliphatic carbocycles. The zero-order valence-electron chi connectivity index (χ0n) is 22.0. The van der Waals surface area contributed by atoms with Gasteiger partial charge in [0.1, 0.15) is 6.04 Å². The van der Waals surface area contributed by atoms with Crippen molar-refractivity contribution in [2.24, 2.45) is 41.2 Å². The summed E-state index contributed by atoms with van der Waals surface area (Å²) in [5.74, 6) is -0.185. The van der Waals surface area contributed by atoms with Crippen molar-refractivity contribution in [3.05, 3.63) is 23.8 Å². The Morgan fingerprint density at radius 1 is 0.765 bits per heavy atom. The average Bonchev–Trinajstić information content (AvgIpc) is 2.71. The van der Waals surface area contributed by atoms with Crippen molar-refractivity contribution >= 4 is 17.9 Å². The molecule has 0 saturated carbocycles. The minimum atomic E-state index is -1.13. The van der Waals surface area contributed by atoms with Crippen LogP contribution in [-0.4, -0.2) is 29.1 Å². The molecule has 0 aliphatic heterocycles. The standard InChI is InChI=1S/C27H43NO6/c1-15(2)20(16(3)4)13-25(29)33-23-10-9-19(11-22(28)27(31)32)12-24(23)34-26(30)14-21(17(5)6)18(7)8/h9-10,12,15-18,20-22H,11,13-14,28H2,1-8H3,(H,31,32). The Kier molecular flexibility index (Phi) is 11.7. The highest BCUT2D eigenvalue weighted by atomic mass is 16.6. The zero-order chi connectivity index (χ0) is 26.2. The summed E-state index contributed by atoms with van der Waals surface area (Å²) in [5, 5.41) is 9.13. The maximum atomic E-state index is 12.8. The van der Waals surface area contributed by atoms with Crippen LogP contribution >= 0.6 is 0 Å². The Labute approximate surface area is 204 Å². The lowest BCUT2D eigenvalue weighted by Gasteiger charge is -2.24. The van der Waals surface area contributed by atoms with E-state index < -0.39 is 23.9 Å². The van der Waals surface area contributed by atoms with Crippen LogP contribution in [0.5, 0.6) is 11.5 Å². The molecule has 0 fully saturated rings. The summed E-state index contributed by atoms with van der Waals surface area (Å²) in [6, 6.07) is 3.61. The first-order valence-corrected chi connectivity index (χ1v) is 12.3. The fraction of sp³-hybridized carbons (Fsp3) is 0.667. The molecule has 0 bridgehead atoms. The lowest BCUT2D eigenvalue weighted by molar-refractivity contribution is -0.139. The number of carbonyl (C=O) groups is 3. The second kappa shape index (κ2) is 13.5. The molecule has 0 spiro atoms. The van der Waals surface area contributed by atoms with E-state index in [2.05, 4.69) is 55.4 Å². The van der Waals surface area contributed by atoms with Gasteiger partial charge in [-0.1, -0.05) is 61.5 Å². The van der Waals surface area contributed by atoms with E-state index in [4.69, 9.17) is 20.3 Å². The Balaban J connectivity index is 3.16. The van der Waals surface area contributed by atoms with Gasteiger partial charge in [-0.05, 0) is 59.6 Å². The highest BCUT2D eigenvalue weighted by Gasteiger charge is 2.25. The first kappa shape index (κ1) is 29.6. The van der Waals surface area contributed by atoms with E-state index in [9.17, 15) is 14.4 Å². The summed E-state index contributed by atoms with van der Waals surface area (Å²) in [6.07, 6.45) is 0.527. The number of hydrogen-bond donors (Lipinski definition) is 2. The van der Waals surface area contributed by atoms with Crippen LogP contribution in [0.3, 0.4) is 0 Å². The van der Waals surface area contributed by atoms with Crippen LogP contribution < -0.4 is 15.2 Å². The van der Waals surface area contributed by atoms with Crippen LogP contribution in [0.4, 0.5) is 0 Å². The molecule has 0 aliphatic rings. The molecular formula is C27H43NO6. The van der Waals surface area contributed by atoms with Gasteiger partial charge >= 0.3 is 17.9 Å². The van der Waals surface area contributed by atoms with Crippen LogP contribution in [0, 0.1) is 35.5 Å². The predicted molar refractivity (Wildman–Crippen MR) is 133 cm³/mol. The number of aliphatic carboxylic acids is 1. The van der Waals surface area contributed by atoms with Crippen molar-refractivity contribution in [3.63, 3.8) is 0 Å². The highest BCUT2D eigenvalue weighted by Crippen LogP contribution is 2.32. The maximum absolute atomic E-state index is 12.8. The third-order valence-electron chi connectivity index (χ3n) is 6.46. The summed E-state index contributed by atoms with van der Waals surface area (Å²) >= 11 is 0. The van der Waals surface area contributed by atoms with Gasteiger partial charge in [-0.2, -0.15) is 0 Å². The Morgan fingerprint density at radius 3 is 1.56 bits per heavy atom. The molecule has 3 N–H and O–H groups in total. The Morgan fingerprint density at radius 2 is 1.18 bits per heavy atom. The van der Waals surface area contributed by atoms with Gasteiger partial charge in [0.25, 0.3) is 0 Å². The lowest BCUT2D eigenvalue weighted by Crippen LogP contribution is -2.32. The number of carboxylic acids is 1. The highest BCUT2D eigenvalue weighted by molar-refractivity contribution is 5.77. The Hall–Kier alpha value is -2.41. The quantitative estimate of drug-likeness (QED) is 0.300. The fourth-order valence-corrected chi connectivity index (χ4v) is 4.38. The van der Waals surface area contributed by atoms with Gasteiger partial charge in [0.15, 0.2) is 11.5 Å². The van der Waals surface area contributed by atoms with Crippen molar-refractivity contribution in [1.82, 2.24) is 0 Å². The van der Waals surface area contributed by atoms with Gasteiger partial charge in [0, 0.05) is 12.8 Å². The van der Waals surface area contributed by atoms with Crippen LogP contribution in [0.2, 0.25) is 0 Å². The molecule has 0 amide bonds. The number of nitrogens with two attached hydrogens (primary N) is 1. The number of rotatable bonds is 13. The normalized spacial score (nSPS) is 12.8. The third kappa shape index (κ3) is 9.45. The van der Waals surface area contributed by atoms with Gasteiger partial charge in [0.2, 0.25) is 0 Å². The molecule has 34 heavy (non-hydrogen) atoms. The topological polar surface area (TPSA) is 116 Å². The van der Waals surface area contributed by atoms with E-state index in [-0.39, 0.29) is 42.6 Å². The van der Waals surface area contributed by atoms with E-state index >= 15 is 0 Å². The van der Waals surface area contributed by atoms with E-state index in [1.54, 1.807) is 6.07 Å². The van der Waals surface area contributed by atoms with Crippen molar-refractivity contribution in [3.8, 4) is 11.5 Å². The average molecular weight is 478 g/mol. The van der Waals surface area contributed by atoms with E-state index in [1.807, 2.05) is 0 Å². The minimum absolute atomic E-state index is 0.0531. The van der Waals surface area contributed by atoms with Gasteiger partial charge in [-0.15, -0.1) is 0 Å². The number of hydrogen-bond acceptors (Lipinski definition) is 6. The smallest absolute Gasteiger partial charge is 0.320 e. The third-order valence-corrected chi connectivity index (χ3v) is 6.46. The summed E-state index contributed by atoms with van der Waals surface area (Å²) in [7, 11) is 0. The second-order valence-electron chi connectivity index (χ2n) is 10.6. The molecule has 1 unspecified atom stereocenters. The van der Waals surface area contributed by atoms with Crippen molar-refractivity contribution in [2.75, 3.05) is 0 Å². The van der Waals surface area contributed by atoms with Crippen molar-refractivity contribution < 1.29 is 29.0 Å². The summed E-state index contributed by atoms with van der Waals surface area (Å²) in [6.45, 7) is 16.6. The maximum Gasteiger partial charge on any atom is 0.320 e. The number of esters is 2. The first-order chi connectivity index (χ1) is 15.7. The van der Waals surface area contributed by atoms with Crippen LogP contribution in [0.1, 0.15) is 73.8 Å². The molecule has 1 aromatic rings. The molecule has 1 aromatic carbocycles. The zero-order valence-corrected chi connectivity index (χ0v) is 22.0. The molecule has 7 heteroatoms. The summed E-state index contributed by atoms with van der Waals surface area (Å²) in [4.78, 5) is 36.7. The molecular weight excluding hydrogens is 434 g/mol. The number of carbonyl (C=O) groups excluding carboxylic acids is 2. The molecule has 1 rings (SSSR count). The number of ether oxygens (including phenoxy) is 2. The monoisotopic (exact) mass is 477 g/mol. The SMILES string of the molecule is CC(C)C(CC(=O)Oc1ccc(CC(N)C(=O)O)cc1OC(=O)CC(C(C)C)C(C)C)C(C)C. The largest absolute Gasteiger partial charge is 0.480 e. The lowest BCUT2D eigenvalue weighted by atomic mass is 9.83. The molecule has 0 aromatic heterocycles. The molecule has 192 valence electrons. The molecule has 0 saturated heterocycles. The van der Waals surface area contributed by atoms with Gasteiger partial charge in [0.05, 0.1) is 0 Å². The second-order valence-corrected chi connectivity index (χ2v) is 10.6. The first-order valence-electron chi connectivity index (χ1n) is 12.3. The van der Waals surface area contributed by atoms with E-state index in [1.165, 1.54) is 12.1 Å².